The third-order valence-corrected chi connectivity index (χ3v) is 5.29. The number of carbonyl (C=O) groups excluding carboxylic acids is 1. The second-order valence-corrected chi connectivity index (χ2v) is 7.49. The van der Waals surface area contributed by atoms with Crippen molar-refractivity contribution in [2.24, 2.45) is 0 Å². The van der Waals surface area contributed by atoms with Crippen LogP contribution in [-0.4, -0.2) is 22.4 Å². The van der Waals surface area contributed by atoms with Gasteiger partial charge in [0.25, 0.3) is 0 Å². The van der Waals surface area contributed by atoms with Gasteiger partial charge in [0.2, 0.25) is 5.78 Å². The third-order valence-electron chi connectivity index (χ3n) is 5.29. The number of halogens is 1. The summed E-state index contributed by atoms with van der Waals surface area (Å²) in [6.07, 6.45) is 5.07. The van der Waals surface area contributed by atoms with Crippen molar-refractivity contribution in [3.05, 3.63) is 94.3 Å². The number of rotatable bonds is 3. The molecule has 0 fully saturated rings. The molecule has 6 heteroatoms. The summed E-state index contributed by atoms with van der Waals surface area (Å²) in [6, 6.07) is 12.0. The maximum Gasteiger partial charge on any atom is 0.232 e. The zero-order chi connectivity index (χ0) is 20.7. The lowest BCUT2D eigenvalue weighted by molar-refractivity contribution is 0.0872. The Hall–Kier alpha value is -3.51. The lowest BCUT2D eigenvalue weighted by atomic mass is 9.98. The monoisotopic (exact) mass is 402 g/mol. The number of nitrogens with zero attached hydrogens (tertiary/aromatic N) is 2. The quantitative estimate of drug-likeness (QED) is 0.604. The Morgan fingerprint density at radius 1 is 1.23 bits per heavy atom. The molecule has 150 valence electrons. The van der Waals surface area contributed by atoms with Crippen LogP contribution in [0.3, 0.4) is 0 Å². The molecule has 1 aromatic heterocycles. The van der Waals surface area contributed by atoms with Crippen molar-refractivity contribution < 1.29 is 18.7 Å². The maximum atomic E-state index is 13.2. The molecular formula is C24H19FN2O3. The Morgan fingerprint density at radius 2 is 2.07 bits per heavy atom. The Labute approximate surface area is 173 Å². The minimum absolute atomic E-state index is 0.134. The average Bonchev–Trinajstić information content (AvgIpc) is 3.08. The Kier molecular flexibility index (Phi) is 4.56. The van der Waals surface area contributed by atoms with E-state index < -0.39 is 0 Å². The number of aromatic nitrogens is 1. The summed E-state index contributed by atoms with van der Waals surface area (Å²) < 4.78 is 25.2. The number of hydrogen-bond donors (Lipinski definition) is 0. The first-order valence-electron chi connectivity index (χ1n) is 9.69. The van der Waals surface area contributed by atoms with E-state index in [0.717, 1.165) is 28.0 Å². The first-order valence-corrected chi connectivity index (χ1v) is 9.69. The van der Waals surface area contributed by atoms with E-state index in [0.29, 0.717) is 31.1 Å². The second kappa shape index (κ2) is 7.39. The molecule has 3 aromatic rings. The maximum absolute atomic E-state index is 13.2. The first-order chi connectivity index (χ1) is 14.6. The van der Waals surface area contributed by atoms with Gasteiger partial charge in [0.15, 0.2) is 5.76 Å². The number of aryl methyl sites for hydroxylation is 1. The van der Waals surface area contributed by atoms with Gasteiger partial charge >= 0.3 is 0 Å². The van der Waals surface area contributed by atoms with Crippen LogP contribution in [0.2, 0.25) is 0 Å². The average molecular weight is 402 g/mol. The molecule has 0 saturated carbocycles. The van der Waals surface area contributed by atoms with Crippen molar-refractivity contribution in [1.29, 1.82) is 0 Å². The molecular weight excluding hydrogens is 383 g/mol. The third kappa shape index (κ3) is 3.35. The van der Waals surface area contributed by atoms with Gasteiger partial charge in [-0.3, -0.25) is 14.7 Å². The second-order valence-electron chi connectivity index (χ2n) is 7.49. The molecule has 5 nitrogen and oxygen atoms in total. The molecule has 0 aliphatic carbocycles. The van der Waals surface area contributed by atoms with E-state index in [-0.39, 0.29) is 17.4 Å². The molecule has 2 aliphatic heterocycles. The number of benzene rings is 2. The zero-order valence-corrected chi connectivity index (χ0v) is 16.4. The van der Waals surface area contributed by atoms with Gasteiger partial charge < -0.3 is 9.47 Å². The van der Waals surface area contributed by atoms with E-state index in [1.807, 2.05) is 25.1 Å². The first kappa shape index (κ1) is 18.5. The normalized spacial score (nSPS) is 16.7. The minimum atomic E-state index is -0.257. The van der Waals surface area contributed by atoms with Crippen LogP contribution in [0.15, 0.2) is 60.6 Å². The summed E-state index contributed by atoms with van der Waals surface area (Å²) >= 11 is 0. The highest BCUT2D eigenvalue weighted by atomic mass is 19.1. The van der Waals surface area contributed by atoms with Crippen molar-refractivity contribution in [3.63, 3.8) is 0 Å². The summed E-state index contributed by atoms with van der Waals surface area (Å²) in [5.41, 5.74) is 4.05. The van der Waals surface area contributed by atoms with E-state index in [1.165, 1.54) is 12.1 Å². The van der Waals surface area contributed by atoms with Gasteiger partial charge in [-0.05, 0) is 54.0 Å². The van der Waals surface area contributed by atoms with E-state index in [2.05, 4.69) is 9.88 Å². The fourth-order valence-electron chi connectivity index (χ4n) is 3.84. The molecule has 3 heterocycles. The van der Waals surface area contributed by atoms with E-state index in [9.17, 15) is 9.18 Å². The van der Waals surface area contributed by atoms with Gasteiger partial charge in [-0.15, -0.1) is 0 Å². The number of fused-ring (bicyclic) bond motifs is 3. The van der Waals surface area contributed by atoms with E-state index >= 15 is 0 Å². The standard InChI is InChI=1S/C24H19FN2O3/c1-15-9-20-19(13-27(14-29-20)12-16-4-6-18(25)7-5-16)24-22(15)23(28)21(30-24)10-17-3-2-8-26-11-17/h2-11H,12-14H2,1H3/b21-10-. The molecule has 0 atom stereocenters. The van der Waals surface area contributed by atoms with Gasteiger partial charge in [0, 0.05) is 25.5 Å². The van der Waals surface area contributed by atoms with Gasteiger partial charge in [-0.25, -0.2) is 4.39 Å². The van der Waals surface area contributed by atoms with Crippen LogP contribution in [0.25, 0.3) is 6.08 Å². The zero-order valence-electron chi connectivity index (χ0n) is 16.4. The molecule has 0 radical (unpaired) electrons. The van der Waals surface area contributed by atoms with Crippen LogP contribution in [-0.2, 0) is 13.1 Å². The number of carbonyl (C=O) groups is 1. The van der Waals surface area contributed by atoms with Crippen LogP contribution >= 0.6 is 0 Å². The Balaban J connectivity index is 1.46. The fraction of sp³-hybridized carbons (Fsp3) is 0.167. The van der Waals surface area contributed by atoms with Crippen molar-refractivity contribution in [1.82, 2.24) is 9.88 Å². The van der Waals surface area contributed by atoms with Gasteiger partial charge in [-0.2, -0.15) is 0 Å². The van der Waals surface area contributed by atoms with E-state index in [1.54, 1.807) is 30.6 Å². The molecule has 0 bridgehead atoms. The summed E-state index contributed by atoms with van der Waals surface area (Å²) in [4.78, 5) is 19.2. The topological polar surface area (TPSA) is 51.7 Å². The summed E-state index contributed by atoms with van der Waals surface area (Å²) in [5, 5.41) is 0. The van der Waals surface area contributed by atoms with Gasteiger partial charge in [0.05, 0.1) is 11.1 Å². The Bertz CT molecular complexity index is 1160. The van der Waals surface area contributed by atoms with Gasteiger partial charge in [-0.1, -0.05) is 18.2 Å². The molecule has 0 amide bonds. The highest BCUT2D eigenvalue weighted by Gasteiger charge is 2.35. The molecule has 0 unspecified atom stereocenters. The summed E-state index contributed by atoms with van der Waals surface area (Å²) in [7, 11) is 0. The lowest BCUT2D eigenvalue weighted by Gasteiger charge is -2.30. The number of allylic oxidation sites excluding steroid dienone is 1. The van der Waals surface area contributed by atoms with Crippen molar-refractivity contribution >= 4 is 11.9 Å². The van der Waals surface area contributed by atoms with Crippen LogP contribution in [0, 0.1) is 12.7 Å². The van der Waals surface area contributed by atoms with E-state index in [4.69, 9.17) is 9.47 Å². The summed E-state index contributed by atoms with van der Waals surface area (Å²) in [5.74, 6) is 1.19. The minimum Gasteiger partial charge on any atom is -0.478 e. The molecule has 0 N–H and O–H groups in total. The molecule has 0 saturated heterocycles. The predicted molar refractivity (Wildman–Crippen MR) is 109 cm³/mol. The molecule has 30 heavy (non-hydrogen) atoms. The van der Waals surface area contributed by atoms with Crippen molar-refractivity contribution in [2.45, 2.75) is 20.0 Å². The van der Waals surface area contributed by atoms with Crippen LogP contribution in [0.5, 0.6) is 11.5 Å². The Morgan fingerprint density at radius 3 is 2.83 bits per heavy atom. The summed E-state index contributed by atoms with van der Waals surface area (Å²) in [6.45, 7) is 3.48. The smallest absolute Gasteiger partial charge is 0.232 e. The number of ether oxygens (including phenoxy) is 2. The lowest BCUT2D eigenvalue weighted by Crippen LogP contribution is -2.31. The van der Waals surface area contributed by atoms with Crippen molar-refractivity contribution in [3.8, 4) is 11.5 Å². The predicted octanol–water partition coefficient (Wildman–Crippen LogP) is 4.50. The highest BCUT2D eigenvalue weighted by molar-refractivity contribution is 6.15. The number of pyridine rings is 1. The molecule has 5 rings (SSSR count). The number of ketones is 1. The SMILES string of the molecule is Cc1cc2c(c3c1C(=O)/C(=C/c1cccnc1)O3)CN(Cc1ccc(F)cc1)CO2. The molecule has 0 spiro atoms. The van der Waals surface area contributed by atoms with Crippen LogP contribution in [0.1, 0.15) is 32.6 Å². The highest BCUT2D eigenvalue weighted by Crippen LogP contribution is 2.44. The fourth-order valence-corrected chi connectivity index (χ4v) is 3.84. The van der Waals surface area contributed by atoms with Crippen LogP contribution < -0.4 is 9.47 Å². The van der Waals surface area contributed by atoms with Crippen molar-refractivity contribution in [2.75, 3.05) is 6.73 Å². The molecule has 2 aromatic carbocycles. The van der Waals surface area contributed by atoms with Crippen LogP contribution in [0.4, 0.5) is 4.39 Å². The number of hydrogen-bond acceptors (Lipinski definition) is 5. The largest absolute Gasteiger partial charge is 0.478 e. The number of Topliss-reactive ketones (excluding diaryl/α,β-unsaturated/α-hetero) is 1. The van der Waals surface area contributed by atoms with Gasteiger partial charge in [0.1, 0.15) is 24.0 Å². The molecule has 2 aliphatic rings.